The molecular formula is C10H11ClN2O3. The summed E-state index contributed by atoms with van der Waals surface area (Å²) in [4.78, 5) is 21.2. The molecule has 1 aromatic rings. The molecule has 0 heterocycles. The molecule has 1 aromatic carbocycles. The zero-order valence-electron chi connectivity index (χ0n) is 8.70. The number of halogens is 1. The Balaban J connectivity index is 3.02. The van der Waals surface area contributed by atoms with Crippen molar-refractivity contribution < 1.29 is 9.72 Å². The average molecular weight is 243 g/mol. The van der Waals surface area contributed by atoms with Crippen molar-refractivity contribution in [2.45, 2.75) is 13.3 Å². The van der Waals surface area contributed by atoms with Crippen LogP contribution in [0.2, 0.25) is 0 Å². The minimum Gasteiger partial charge on any atom is -0.325 e. The van der Waals surface area contributed by atoms with E-state index >= 15 is 0 Å². The fourth-order valence-electron chi connectivity index (χ4n) is 1.29. The number of nitro benzene ring substituents is 1. The molecule has 1 rings (SSSR count). The zero-order chi connectivity index (χ0) is 12.1. The summed E-state index contributed by atoms with van der Waals surface area (Å²) in [5.74, 6) is -0.467. The maximum Gasteiger partial charge on any atom is 0.269 e. The number of alkyl halides is 1. The lowest BCUT2D eigenvalue weighted by atomic mass is 10.1. The molecule has 0 radical (unpaired) electrons. The Hall–Kier alpha value is -1.62. The van der Waals surface area contributed by atoms with Gasteiger partial charge >= 0.3 is 0 Å². The number of nitrogens with zero attached hydrogens (tertiary/aromatic N) is 1. The molecular weight excluding hydrogens is 232 g/mol. The van der Waals surface area contributed by atoms with Crippen molar-refractivity contribution in [1.29, 1.82) is 0 Å². The van der Waals surface area contributed by atoms with Crippen LogP contribution in [0.15, 0.2) is 18.2 Å². The van der Waals surface area contributed by atoms with E-state index in [9.17, 15) is 14.9 Å². The maximum atomic E-state index is 11.1. The van der Waals surface area contributed by atoms with Gasteiger partial charge in [0.1, 0.15) is 5.88 Å². The molecule has 0 aliphatic heterocycles. The van der Waals surface area contributed by atoms with Crippen LogP contribution in [0.25, 0.3) is 0 Å². The van der Waals surface area contributed by atoms with Crippen LogP contribution in [0.4, 0.5) is 11.4 Å². The molecule has 5 nitrogen and oxygen atoms in total. The standard InChI is InChI=1S/C10H11ClN2O3/c1-2-7-5-8(13(15)16)3-4-9(7)12-10(14)6-11/h3-5H,2,6H2,1H3,(H,12,14). The molecule has 0 atom stereocenters. The first-order valence-electron chi connectivity index (χ1n) is 4.71. The van der Waals surface area contributed by atoms with Crippen molar-refractivity contribution in [3.63, 3.8) is 0 Å². The summed E-state index contributed by atoms with van der Waals surface area (Å²) in [6.45, 7) is 1.86. The van der Waals surface area contributed by atoms with Crippen LogP contribution in [0, 0.1) is 10.1 Å². The van der Waals surface area contributed by atoms with Crippen LogP contribution in [0.5, 0.6) is 0 Å². The highest BCUT2D eigenvalue weighted by Crippen LogP contribution is 2.22. The number of carbonyl (C=O) groups excluding carboxylic acids is 1. The van der Waals surface area contributed by atoms with Gasteiger partial charge < -0.3 is 5.32 Å². The second-order valence-corrected chi connectivity index (χ2v) is 3.40. The van der Waals surface area contributed by atoms with E-state index in [-0.39, 0.29) is 17.5 Å². The van der Waals surface area contributed by atoms with E-state index in [2.05, 4.69) is 5.32 Å². The number of anilines is 1. The smallest absolute Gasteiger partial charge is 0.269 e. The van der Waals surface area contributed by atoms with E-state index in [0.29, 0.717) is 17.7 Å². The monoisotopic (exact) mass is 242 g/mol. The fourth-order valence-corrected chi connectivity index (χ4v) is 1.36. The van der Waals surface area contributed by atoms with E-state index < -0.39 is 4.92 Å². The van der Waals surface area contributed by atoms with E-state index in [1.54, 1.807) is 0 Å². The van der Waals surface area contributed by atoms with Gasteiger partial charge in [-0.25, -0.2) is 0 Å². The molecule has 0 saturated carbocycles. The first-order chi connectivity index (χ1) is 7.58. The van der Waals surface area contributed by atoms with E-state index in [1.807, 2.05) is 6.92 Å². The van der Waals surface area contributed by atoms with E-state index in [0.717, 1.165) is 0 Å². The summed E-state index contributed by atoms with van der Waals surface area (Å²) in [5.41, 5.74) is 1.30. The van der Waals surface area contributed by atoms with E-state index in [1.165, 1.54) is 18.2 Å². The third kappa shape index (κ3) is 2.93. The summed E-state index contributed by atoms with van der Waals surface area (Å²) in [5, 5.41) is 13.1. The van der Waals surface area contributed by atoms with Crippen molar-refractivity contribution in [3.05, 3.63) is 33.9 Å². The quantitative estimate of drug-likeness (QED) is 0.500. The molecule has 16 heavy (non-hydrogen) atoms. The second-order valence-electron chi connectivity index (χ2n) is 3.13. The van der Waals surface area contributed by atoms with Gasteiger partial charge in [0.15, 0.2) is 0 Å². The molecule has 0 aliphatic carbocycles. The van der Waals surface area contributed by atoms with Crippen LogP contribution >= 0.6 is 11.6 Å². The highest BCUT2D eigenvalue weighted by molar-refractivity contribution is 6.29. The third-order valence-electron chi connectivity index (χ3n) is 2.08. The van der Waals surface area contributed by atoms with Gasteiger partial charge in [-0.2, -0.15) is 0 Å². The second kappa shape index (κ2) is 5.46. The molecule has 0 spiro atoms. The number of nitrogens with one attached hydrogen (secondary N) is 1. The number of non-ortho nitro benzene ring substituents is 1. The van der Waals surface area contributed by atoms with Crippen LogP contribution in [-0.4, -0.2) is 16.7 Å². The predicted octanol–water partition coefficient (Wildman–Crippen LogP) is 2.33. The summed E-state index contributed by atoms with van der Waals surface area (Å²) in [6.07, 6.45) is 0.597. The molecule has 0 aliphatic rings. The minimum atomic E-state index is -0.466. The van der Waals surface area contributed by atoms with Gasteiger partial charge in [0, 0.05) is 17.8 Å². The molecule has 0 unspecified atom stereocenters. The highest BCUT2D eigenvalue weighted by atomic mass is 35.5. The lowest BCUT2D eigenvalue weighted by molar-refractivity contribution is -0.384. The van der Waals surface area contributed by atoms with Crippen LogP contribution in [0.1, 0.15) is 12.5 Å². The lowest BCUT2D eigenvalue weighted by Crippen LogP contribution is -2.14. The normalized spacial score (nSPS) is 9.88. The number of aryl methyl sites for hydroxylation is 1. The predicted molar refractivity (Wildman–Crippen MR) is 61.8 cm³/mol. The van der Waals surface area contributed by atoms with Crippen molar-refractivity contribution in [2.75, 3.05) is 11.2 Å². The summed E-state index contributed by atoms with van der Waals surface area (Å²) < 4.78 is 0. The topological polar surface area (TPSA) is 72.2 Å². The SMILES string of the molecule is CCc1cc([N+](=O)[O-])ccc1NC(=O)CCl. The lowest BCUT2D eigenvalue weighted by Gasteiger charge is -2.08. The van der Waals surface area contributed by atoms with Gasteiger partial charge in [-0.15, -0.1) is 11.6 Å². The van der Waals surface area contributed by atoms with Gasteiger partial charge in [0.25, 0.3) is 5.69 Å². The Morgan fingerprint density at radius 3 is 2.75 bits per heavy atom. The van der Waals surface area contributed by atoms with Gasteiger partial charge in [-0.05, 0) is 18.1 Å². The van der Waals surface area contributed by atoms with Crippen LogP contribution in [-0.2, 0) is 11.2 Å². The Labute approximate surface area is 97.6 Å². The van der Waals surface area contributed by atoms with Gasteiger partial charge in [-0.1, -0.05) is 6.92 Å². The van der Waals surface area contributed by atoms with Crippen LogP contribution in [0.3, 0.4) is 0 Å². The molecule has 0 fully saturated rings. The Morgan fingerprint density at radius 2 is 2.25 bits per heavy atom. The Kier molecular flexibility index (Phi) is 4.25. The van der Waals surface area contributed by atoms with Crippen molar-refractivity contribution >= 4 is 28.9 Å². The van der Waals surface area contributed by atoms with Crippen LogP contribution < -0.4 is 5.32 Å². The minimum absolute atomic E-state index is 0.0146. The van der Waals surface area contributed by atoms with Crippen molar-refractivity contribution in [3.8, 4) is 0 Å². The summed E-state index contributed by atoms with van der Waals surface area (Å²) >= 11 is 5.36. The molecule has 1 amide bonds. The van der Waals surface area contributed by atoms with Crippen molar-refractivity contribution in [1.82, 2.24) is 0 Å². The third-order valence-corrected chi connectivity index (χ3v) is 2.32. The van der Waals surface area contributed by atoms with Crippen molar-refractivity contribution in [2.24, 2.45) is 0 Å². The number of nitro groups is 1. The molecule has 0 aromatic heterocycles. The molecule has 6 heteroatoms. The summed E-state index contributed by atoms with van der Waals surface area (Å²) in [6, 6.07) is 4.31. The molecule has 86 valence electrons. The van der Waals surface area contributed by atoms with E-state index in [4.69, 9.17) is 11.6 Å². The Bertz CT molecular complexity index is 421. The number of rotatable bonds is 4. The maximum absolute atomic E-state index is 11.1. The molecule has 1 N–H and O–H groups in total. The average Bonchev–Trinajstić information content (AvgIpc) is 2.29. The molecule has 0 saturated heterocycles. The van der Waals surface area contributed by atoms with Gasteiger partial charge in [0.2, 0.25) is 5.91 Å². The number of hydrogen-bond donors (Lipinski definition) is 1. The number of hydrogen-bond acceptors (Lipinski definition) is 3. The molecule has 0 bridgehead atoms. The van der Waals surface area contributed by atoms with Gasteiger partial charge in [0.05, 0.1) is 4.92 Å². The first kappa shape index (κ1) is 12.4. The number of amides is 1. The number of carbonyl (C=O) groups is 1. The summed E-state index contributed by atoms with van der Waals surface area (Å²) in [7, 11) is 0. The Morgan fingerprint density at radius 1 is 1.56 bits per heavy atom. The fraction of sp³-hybridized carbons (Fsp3) is 0.300. The van der Waals surface area contributed by atoms with Gasteiger partial charge in [-0.3, -0.25) is 14.9 Å². The first-order valence-corrected chi connectivity index (χ1v) is 5.25. The number of benzene rings is 1. The highest BCUT2D eigenvalue weighted by Gasteiger charge is 2.10. The largest absolute Gasteiger partial charge is 0.325 e. The zero-order valence-corrected chi connectivity index (χ0v) is 9.45.